The predicted molar refractivity (Wildman–Crippen MR) is 78.0 cm³/mol. The van der Waals surface area contributed by atoms with Crippen molar-refractivity contribution in [3.8, 4) is 11.4 Å². The van der Waals surface area contributed by atoms with E-state index >= 15 is 0 Å². The number of aromatic nitrogens is 3. The number of hydrogen-bond acceptors (Lipinski definition) is 4. The van der Waals surface area contributed by atoms with Crippen molar-refractivity contribution >= 4 is 11.6 Å². The molecule has 0 spiro atoms. The molecule has 0 fully saturated rings. The van der Waals surface area contributed by atoms with E-state index in [0.29, 0.717) is 24.5 Å². The molecule has 0 aliphatic rings. The molecule has 1 amide bonds. The van der Waals surface area contributed by atoms with Crippen LogP contribution in [0.3, 0.4) is 0 Å². The van der Waals surface area contributed by atoms with E-state index < -0.39 is 0 Å². The summed E-state index contributed by atoms with van der Waals surface area (Å²) in [5.74, 6) is 1.42. The molecule has 0 aliphatic carbocycles. The number of nitrogens with two attached hydrogens (primary N) is 1. The number of aromatic amines is 1. The van der Waals surface area contributed by atoms with E-state index in [9.17, 15) is 4.79 Å². The zero-order valence-corrected chi connectivity index (χ0v) is 11.7. The summed E-state index contributed by atoms with van der Waals surface area (Å²) in [5, 5.41) is 9.82. The number of nitrogens with one attached hydrogen (secondary N) is 2. The predicted octanol–water partition coefficient (Wildman–Crippen LogP) is 1.70. The Kier molecular flexibility index (Phi) is 4.47. The molecule has 4 N–H and O–H groups in total. The van der Waals surface area contributed by atoms with Crippen LogP contribution in [-0.2, 0) is 4.79 Å². The van der Waals surface area contributed by atoms with Crippen LogP contribution in [0.15, 0.2) is 24.3 Å². The lowest BCUT2D eigenvalue weighted by Gasteiger charge is -2.11. The number of aryl methyl sites for hydroxylation is 1. The first-order valence-corrected chi connectivity index (χ1v) is 6.58. The molecule has 6 heteroatoms. The fourth-order valence-electron chi connectivity index (χ4n) is 1.85. The molecule has 2 rings (SSSR count). The minimum absolute atomic E-state index is 0.0531. The van der Waals surface area contributed by atoms with Gasteiger partial charge in [0.05, 0.1) is 5.69 Å². The van der Waals surface area contributed by atoms with Crippen LogP contribution in [0.25, 0.3) is 11.4 Å². The summed E-state index contributed by atoms with van der Waals surface area (Å²) >= 11 is 0. The average molecular weight is 273 g/mol. The maximum absolute atomic E-state index is 12.0. The number of rotatable bonds is 5. The molecule has 0 aliphatic heterocycles. The standard InChI is InChI=1S/C14H19N5O/c1-9(8-15)7-13(20)17-12-6-4-3-5-11(12)14-16-10(2)18-19-14/h3-6,9H,7-8,15H2,1-2H3,(H,17,20)(H,16,18,19). The summed E-state index contributed by atoms with van der Waals surface area (Å²) in [7, 11) is 0. The number of para-hydroxylation sites is 1. The summed E-state index contributed by atoms with van der Waals surface area (Å²) < 4.78 is 0. The molecule has 20 heavy (non-hydrogen) atoms. The lowest BCUT2D eigenvalue weighted by Crippen LogP contribution is -2.20. The highest BCUT2D eigenvalue weighted by atomic mass is 16.1. The third-order valence-electron chi connectivity index (χ3n) is 2.98. The van der Waals surface area contributed by atoms with Gasteiger partial charge in [0.1, 0.15) is 5.82 Å². The minimum atomic E-state index is -0.0531. The molecular formula is C14H19N5O. The fourth-order valence-corrected chi connectivity index (χ4v) is 1.85. The molecule has 1 aromatic carbocycles. The molecular weight excluding hydrogens is 254 g/mol. The highest BCUT2D eigenvalue weighted by Crippen LogP contribution is 2.25. The highest BCUT2D eigenvalue weighted by Gasteiger charge is 2.13. The molecule has 6 nitrogen and oxygen atoms in total. The van der Waals surface area contributed by atoms with Crippen LogP contribution < -0.4 is 11.1 Å². The van der Waals surface area contributed by atoms with Crippen LogP contribution in [0.1, 0.15) is 19.2 Å². The van der Waals surface area contributed by atoms with Crippen molar-refractivity contribution in [1.29, 1.82) is 0 Å². The maximum atomic E-state index is 12.0. The van der Waals surface area contributed by atoms with Gasteiger partial charge in [-0.05, 0) is 31.5 Å². The van der Waals surface area contributed by atoms with Crippen LogP contribution in [-0.4, -0.2) is 27.6 Å². The Morgan fingerprint density at radius 3 is 2.85 bits per heavy atom. The van der Waals surface area contributed by atoms with Crippen molar-refractivity contribution < 1.29 is 4.79 Å². The highest BCUT2D eigenvalue weighted by molar-refractivity contribution is 5.94. The zero-order valence-electron chi connectivity index (χ0n) is 11.7. The minimum Gasteiger partial charge on any atom is -0.330 e. The van der Waals surface area contributed by atoms with Crippen LogP contribution in [0.4, 0.5) is 5.69 Å². The van der Waals surface area contributed by atoms with Gasteiger partial charge in [0.25, 0.3) is 0 Å². The van der Waals surface area contributed by atoms with Gasteiger partial charge in [0.15, 0.2) is 5.82 Å². The van der Waals surface area contributed by atoms with E-state index in [-0.39, 0.29) is 11.8 Å². The van der Waals surface area contributed by atoms with Gasteiger partial charge in [-0.3, -0.25) is 9.89 Å². The Morgan fingerprint density at radius 2 is 2.20 bits per heavy atom. The summed E-state index contributed by atoms with van der Waals surface area (Å²) in [6.07, 6.45) is 0.401. The topological polar surface area (TPSA) is 96.7 Å². The van der Waals surface area contributed by atoms with Crippen molar-refractivity contribution in [1.82, 2.24) is 15.2 Å². The third-order valence-corrected chi connectivity index (χ3v) is 2.98. The van der Waals surface area contributed by atoms with E-state index in [2.05, 4.69) is 20.5 Å². The molecule has 0 bridgehead atoms. The number of benzene rings is 1. The van der Waals surface area contributed by atoms with Gasteiger partial charge in [0, 0.05) is 12.0 Å². The van der Waals surface area contributed by atoms with Crippen molar-refractivity contribution in [3.63, 3.8) is 0 Å². The first-order chi connectivity index (χ1) is 9.60. The van der Waals surface area contributed by atoms with Gasteiger partial charge < -0.3 is 11.1 Å². The number of carbonyl (C=O) groups is 1. The number of carbonyl (C=O) groups excluding carboxylic acids is 1. The number of anilines is 1. The lowest BCUT2D eigenvalue weighted by molar-refractivity contribution is -0.116. The quantitative estimate of drug-likeness (QED) is 0.772. The first kappa shape index (κ1) is 14.2. The van der Waals surface area contributed by atoms with Crippen LogP contribution in [0, 0.1) is 12.8 Å². The Morgan fingerprint density at radius 1 is 1.45 bits per heavy atom. The van der Waals surface area contributed by atoms with Gasteiger partial charge in [-0.1, -0.05) is 19.1 Å². The molecule has 1 heterocycles. The molecule has 1 atom stereocenters. The molecule has 0 radical (unpaired) electrons. The van der Waals surface area contributed by atoms with Gasteiger partial charge in [-0.15, -0.1) is 0 Å². The Balaban J connectivity index is 2.18. The Hall–Kier alpha value is -2.21. The Bertz CT molecular complexity index is 593. The van der Waals surface area contributed by atoms with Gasteiger partial charge >= 0.3 is 0 Å². The number of amides is 1. The second kappa shape index (κ2) is 6.29. The first-order valence-electron chi connectivity index (χ1n) is 6.58. The molecule has 1 aromatic heterocycles. The molecule has 0 saturated heterocycles. The lowest BCUT2D eigenvalue weighted by atomic mass is 10.1. The normalized spacial score (nSPS) is 12.2. The van der Waals surface area contributed by atoms with Crippen molar-refractivity contribution in [2.45, 2.75) is 20.3 Å². The molecule has 1 unspecified atom stereocenters. The second-order valence-electron chi connectivity index (χ2n) is 4.88. The van der Waals surface area contributed by atoms with E-state index in [1.807, 2.05) is 38.1 Å². The largest absolute Gasteiger partial charge is 0.330 e. The van der Waals surface area contributed by atoms with E-state index in [1.165, 1.54) is 0 Å². The van der Waals surface area contributed by atoms with Crippen LogP contribution in [0.2, 0.25) is 0 Å². The van der Waals surface area contributed by atoms with Gasteiger partial charge in [0.2, 0.25) is 5.91 Å². The fraction of sp³-hybridized carbons (Fsp3) is 0.357. The summed E-state index contributed by atoms with van der Waals surface area (Å²) in [6, 6.07) is 7.47. The van der Waals surface area contributed by atoms with Gasteiger partial charge in [-0.25, -0.2) is 4.98 Å². The number of hydrogen-bond donors (Lipinski definition) is 3. The third kappa shape index (κ3) is 3.42. The summed E-state index contributed by atoms with van der Waals surface area (Å²) in [4.78, 5) is 16.2. The summed E-state index contributed by atoms with van der Waals surface area (Å²) in [6.45, 7) is 4.28. The van der Waals surface area contributed by atoms with E-state index in [1.54, 1.807) is 0 Å². The SMILES string of the molecule is Cc1nc(-c2ccccc2NC(=O)CC(C)CN)n[nH]1. The monoisotopic (exact) mass is 273 g/mol. The molecule has 106 valence electrons. The van der Waals surface area contributed by atoms with E-state index in [0.717, 1.165) is 11.4 Å². The van der Waals surface area contributed by atoms with Crippen molar-refractivity contribution in [3.05, 3.63) is 30.1 Å². The average Bonchev–Trinajstić information content (AvgIpc) is 2.85. The zero-order chi connectivity index (χ0) is 14.5. The van der Waals surface area contributed by atoms with Crippen LogP contribution >= 0.6 is 0 Å². The van der Waals surface area contributed by atoms with Crippen molar-refractivity contribution in [2.75, 3.05) is 11.9 Å². The van der Waals surface area contributed by atoms with E-state index in [4.69, 9.17) is 5.73 Å². The van der Waals surface area contributed by atoms with Crippen LogP contribution in [0.5, 0.6) is 0 Å². The summed E-state index contributed by atoms with van der Waals surface area (Å²) in [5.41, 5.74) is 7.04. The number of nitrogens with zero attached hydrogens (tertiary/aromatic N) is 2. The van der Waals surface area contributed by atoms with Gasteiger partial charge in [-0.2, -0.15) is 5.10 Å². The molecule has 0 saturated carbocycles. The second-order valence-corrected chi connectivity index (χ2v) is 4.88. The maximum Gasteiger partial charge on any atom is 0.224 e. The Labute approximate surface area is 117 Å². The molecule has 2 aromatic rings. The van der Waals surface area contributed by atoms with Crippen molar-refractivity contribution in [2.24, 2.45) is 11.7 Å². The smallest absolute Gasteiger partial charge is 0.224 e. The number of H-pyrrole nitrogens is 1.